The van der Waals surface area contributed by atoms with Crippen LogP contribution in [0.1, 0.15) is 0 Å². The van der Waals surface area contributed by atoms with Gasteiger partial charge in [0.05, 0.1) is 0 Å². The Morgan fingerprint density at radius 2 is 0.623 bits per heavy atom. The van der Waals surface area contributed by atoms with E-state index in [0.29, 0.717) is 0 Å². The number of hydrogen-bond donors (Lipinski definition) is 0. The average Bonchev–Trinajstić information content (AvgIpc) is 3.64. The summed E-state index contributed by atoms with van der Waals surface area (Å²) in [7, 11) is 0. The van der Waals surface area contributed by atoms with Crippen molar-refractivity contribution in [1.29, 1.82) is 0 Å². The second-order valence-electron chi connectivity index (χ2n) is 14.4. The second-order valence-corrected chi connectivity index (χ2v) is 16.5. The Labute approximate surface area is 311 Å². The van der Waals surface area contributed by atoms with E-state index in [4.69, 9.17) is 0 Å². The molecule has 0 aliphatic carbocycles. The third-order valence-corrected chi connectivity index (χ3v) is 14.2. The molecule has 11 aromatic carbocycles. The van der Waals surface area contributed by atoms with Crippen LogP contribution in [0, 0.1) is 0 Å². The van der Waals surface area contributed by atoms with Crippen molar-refractivity contribution < 1.29 is 0 Å². The van der Waals surface area contributed by atoms with E-state index in [1.807, 2.05) is 0 Å². The van der Waals surface area contributed by atoms with Gasteiger partial charge in [-0.3, -0.25) is 0 Å². The molecule has 0 radical (unpaired) electrons. The smallest absolute Gasteiger partial charge is 0.0105 e. The molecular formula is C52H30Se. The van der Waals surface area contributed by atoms with Crippen molar-refractivity contribution in [2.75, 3.05) is 0 Å². The maximum atomic E-state index is 2.42. The minimum Gasteiger partial charge on any atom is -0.0537 e. The molecule has 12 aromatic rings. The fourth-order valence-corrected chi connectivity index (χ4v) is 12.1. The Kier molecular flexibility index (Phi) is 6.16. The Bertz CT molecular complexity index is 3470. The molecule has 0 amide bonds. The summed E-state index contributed by atoms with van der Waals surface area (Å²) >= 11 is 0.185. The van der Waals surface area contributed by atoms with E-state index in [9.17, 15) is 0 Å². The van der Waals surface area contributed by atoms with Crippen molar-refractivity contribution in [2.45, 2.75) is 0 Å². The molecule has 0 nitrogen and oxygen atoms in total. The van der Waals surface area contributed by atoms with Crippen LogP contribution in [0.5, 0.6) is 0 Å². The zero-order valence-corrected chi connectivity index (χ0v) is 30.4. The van der Waals surface area contributed by atoms with Crippen molar-refractivity contribution in [1.82, 2.24) is 0 Å². The van der Waals surface area contributed by atoms with E-state index in [1.165, 1.54) is 117 Å². The molecule has 12 rings (SSSR count). The largest absolute Gasteiger partial charge is 0.0537 e. The average molecular weight is 734 g/mol. The summed E-state index contributed by atoms with van der Waals surface area (Å²) in [4.78, 5) is 0. The summed E-state index contributed by atoms with van der Waals surface area (Å²) in [5, 5.41) is 21.6. The Hall–Kier alpha value is -6.24. The summed E-state index contributed by atoms with van der Waals surface area (Å²) in [5.41, 5.74) is 4.96. The molecule has 0 bridgehead atoms. The first-order chi connectivity index (χ1) is 26.3. The zero-order chi connectivity index (χ0) is 34.6. The summed E-state index contributed by atoms with van der Waals surface area (Å²) in [5.74, 6) is 0. The summed E-state index contributed by atoms with van der Waals surface area (Å²) in [6, 6.07) is 68.1. The first-order valence-corrected chi connectivity index (χ1v) is 20.0. The first-order valence-electron chi connectivity index (χ1n) is 18.3. The van der Waals surface area contributed by atoms with Gasteiger partial charge in [0, 0.05) is 0 Å². The van der Waals surface area contributed by atoms with Crippen LogP contribution in [0.15, 0.2) is 182 Å². The van der Waals surface area contributed by atoms with Crippen molar-refractivity contribution in [3.8, 4) is 22.3 Å². The van der Waals surface area contributed by atoms with Gasteiger partial charge in [0.15, 0.2) is 0 Å². The van der Waals surface area contributed by atoms with Gasteiger partial charge in [-0.05, 0) is 27.6 Å². The monoisotopic (exact) mass is 734 g/mol. The molecule has 244 valence electrons. The quantitative estimate of drug-likeness (QED) is 0.123. The fraction of sp³-hybridized carbons (Fsp3) is 0. The standard InChI is InChI=1S/C52H30Se/c1-2-10-37-33(9-1)21-22-36-29-34(23-25-38(36)37)31-17-19-32(20-18-31)35-24-26-42-45-27-28-47-50-43-14-6-3-11-39(43)40-12-5-8-16-46(40)51(50)53-52(47)49(45)44-15-7-4-13-41(44)48(42)30-35/h1-30H. The Balaban J connectivity index is 1.03. The number of rotatable bonds is 2. The molecule has 1 aromatic heterocycles. The molecule has 0 unspecified atom stereocenters. The fourth-order valence-electron chi connectivity index (χ4n) is 9.13. The van der Waals surface area contributed by atoms with Gasteiger partial charge in [0.1, 0.15) is 0 Å². The van der Waals surface area contributed by atoms with Gasteiger partial charge < -0.3 is 0 Å². The van der Waals surface area contributed by atoms with Crippen molar-refractivity contribution in [3.63, 3.8) is 0 Å². The zero-order valence-electron chi connectivity index (χ0n) is 28.7. The van der Waals surface area contributed by atoms with E-state index >= 15 is 0 Å². The molecule has 0 N–H and O–H groups in total. The van der Waals surface area contributed by atoms with Crippen LogP contribution in [0.25, 0.3) is 117 Å². The third kappa shape index (κ3) is 4.24. The Morgan fingerprint density at radius 3 is 1.34 bits per heavy atom. The molecule has 0 saturated heterocycles. The maximum absolute atomic E-state index is 2.42. The normalized spacial score (nSPS) is 12.2. The Morgan fingerprint density at radius 1 is 0.226 bits per heavy atom. The molecule has 0 aliphatic heterocycles. The van der Waals surface area contributed by atoms with Crippen molar-refractivity contribution in [2.24, 2.45) is 0 Å². The van der Waals surface area contributed by atoms with Crippen LogP contribution in [0.4, 0.5) is 0 Å². The third-order valence-electron chi connectivity index (χ3n) is 11.6. The molecule has 0 aliphatic rings. The van der Waals surface area contributed by atoms with Crippen LogP contribution in [0.3, 0.4) is 0 Å². The van der Waals surface area contributed by atoms with Gasteiger partial charge in [0.2, 0.25) is 0 Å². The van der Waals surface area contributed by atoms with Gasteiger partial charge in [-0.15, -0.1) is 0 Å². The van der Waals surface area contributed by atoms with Gasteiger partial charge in [-0.1, -0.05) is 48.5 Å². The van der Waals surface area contributed by atoms with Crippen LogP contribution in [-0.2, 0) is 0 Å². The van der Waals surface area contributed by atoms with Crippen molar-refractivity contribution >= 4 is 109 Å². The second kappa shape index (κ2) is 11.1. The molecule has 1 heteroatoms. The first kappa shape index (κ1) is 29.3. The van der Waals surface area contributed by atoms with E-state index in [1.54, 1.807) is 0 Å². The number of hydrogen-bond acceptors (Lipinski definition) is 0. The molecule has 0 spiro atoms. The van der Waals surface area contributed by atoms with Crippen LogP contribution in [-0.4, -0.2) is 14.5 Å². The van der Waals surface area contributed by atoms with Gasteiger partial charge in [-0.25, -0.2) is 0 Å². The van der Waals surface area contributed by atoms with Gasteiger partial charge >= 0.3 is 237 Å². The summed E-state index contributed by atoms with van der Waals surface area (Å²) in [6.07, 6.45) is 0. The molecular weight excluding hydrogens is 704 g/mol. The molecule has 0 fully saturated rings. The maximum Gasteiger partial charge on any atom is -0.0105 e. The van der Waals surface area contributed by atoms with Crippen molar-refractivity contribution in [3.05, 3.63) is 182 Å². The minimum absolute atomic E-state index is 0.185. The predicted octanol–water partition coefficient (Wildman–Crippen LogP) is 14.5. The predicted molar refractivity (Wildman–Crippen MR) is 232 cm³/mol. The van der Waals surface area contributed by atoms with Crippen LogP contribution in [0.2, 0.25) is 0 Å². The van der Waals surface area contributed by atoms with Gasteiger partial charge in [-0.2, -0.15) is 0 Å². The number of benzene rings is 11. The van der Waals surface area contributed by atoms with Crippen LogP contribution < -0.4 is 0 Å². The molecule has 0 saturated carbocycles. The summed E-state index contributed by atoms with van der Waals surface area (Å²) < 4.78 is 3.04. The van der Waals surface area contributed by atoms with Crippen LogP contribution >= 0.6 is 0 Å². The van der Waals surface area contributed by atoms with E-state index in [0.717, 1.165) is 0 Å². The molecule has 53 heavy (non-hydrogen) atoms. The van der Waals surface area contributed by atoms with E-state index in [-0.39, 0.29) is 14.5 Å². The topological polar surface area (TPSA) is 0 Å². The summed E-state index contributed by atoms with van der Waals surface area (Å²) in [6.45, 7) is 0. The van der Waals surface area contributed by atoms with E-state index in [2.05, 4.69) is 182 Å². The molecule has 1 heterocycles. The number of fused-ring (bicyclic) bond motifs is 18. The molecule has 0 atom stereocenters. The SMILES string of the molecule is c1ccc2c(c1)ccc1cc(-c3ccc(-c4ccc5c(c4)c4ccccc4c4c5ccc5c4[se]c4c6ccccc6c6ccccc6c54)cc3)ccc12. The van der Waals surface area contributed by atoms with Gasteiger partial charge in [0.25, 0.3) is 0 Å². The van der Waals surface area contributed by atoms with E-state index < -0.39 is 0 Å². The minimum atomic E-state index is 0.185.